The van der Waals surface area contributed by atoms with Gasteiger partial charge in [-0.05, 0) is 36.8 Å². The summed E-state index contributed by atoms with van der Waals surface area (Å²) in [6.07, 6.45) is 6.24. The minimum Gasteiger partial charge on any atom is -0.481 e. The third-order valence-electron chi connectivity index (χ3n) is 3.82. The molecule has 4 heteroatoms. The van der Waals surface area contributed by atoms with E-state index in [9.17, 15) is 9.59 Å². The first kappa shape index (κ1) is 15.3. The zero-order valence-electron chi connectivity index (χ0n) is 12.1. The van der Waals surface area contributed by atoms with E-state index in [1.807, 2.05) is 41.3 Å². The standard InChI is InChI=1S/C17H21NO3/c19-16(10-8-14-5-2-1-3-6-14)18-12-4-7-15(13-18)9-11-17(20)21/h1-3,5-6,8,10,15H,4,7,9,11-13H2,(H,20,21)/b10-8+/t15-/m0/s1. The van der Waals surface area contributed by atoms with Crippen molar-refractivity contribution in [3.05, 3.63) is 42.0 Å². The predicted octanol–water partition coefficient (Wildman–Crippen LogP) is 2.80. The highest BCUT2D eigenvalue weighted by molar-refractivity contribution is 5.91. The van der Waals surface area contributed by atoms with Gasteiger partial charge in [0.15, 0.2) is 0 Å². The van der Waals surface area contributed by atoms with Crippen molar-refractivity contribution >= 4 is 18.0 Å². The summed E-state index contributed by atoms with van der Waals surface area (Å²) in [6.45, 7) is 1.44. The molecule has 1 aromatic rings. The molecule has 0 saturated carbocycles. The number of hydrogen-bond acceptors (Lipinski definition) is 2. The Morgan fingerprint density at radius 3 is 2.76 bits per heavy atom. The monoisotopic (exact) mass is 287 g/mol. The fourth-order valence-corrected chi connectivity index (χ4v) is 2.67. The first-order valence-electron chi connectivity index (χ1n) is 7.39. The Balaban J connectivity index is 1.87. The van der Waals surface area contributed by atoms with Crippen LogP contribution in [0, 0.1) is 5.92 Å². The maximum absolute atomic E-state index is 12.2. The van der Waals surface area contributed by atoms with Gasteiger partial charge < -0.3 is 10.0 Å². The van der Waals surface area contributed by atoms with Crippen LogP contribution in [0.1, 0.15) is 31.2 Å². The topological polar surface area (TPSA) is 57.6 Å². The maximum atomic E-state index is 12.2. The van der Waals surface area contributed by atoms with E-state index >= 15 is 0 Å². The molecule has 1 aliphatic heterocycles. The summed E-state index contributed by atoms with van der Waals surface area (Å²) in [5, 5.41) is 8.74. The molecule has 1 amide bonds. The fourth-order valence-electron chi connectivity index (χ4n) is 2.67. The number of amides is 1. The van der Waals surface area contributed by atoms with Crippen molar-refractivity contribution in [1.29, 1.82) is 0 Å². The number of aliphatic carboxylic acids is 1. The Kier molecular flexibility index (Phi) is 5.55. The molecule has 1 N–H and O–H groups in total. The third-order valence-corrected chi connectivity index (χ3v) is 3.82. The van der Waals surface area contributed by atoms with Crippen LogP contribution in [0.5, 0.6) is 0 Å². The van der Waals surface area contributed by atoms with Crippen molar-refractivity contribution < 1.29 is 14.7 Å². The Morgan fingerprint density at radius 1 is 1.29 bits per heavy atom. The lowest BCUT2D eigenvalue weighted by Crippen LogP contribution is -2.39. The molecule has 1 heterocycles. The van der Waals surface area contributed by atoms with Gasteiger partial charge in [-0.25, -0.2) is 0 Å². The summed E-state index contributed by atoms with van der Waals surface area (Å²) in [6, 6.07) is 9.72. The van der Waals surface area contributed by atoms with E-state index in [-0.39, 0.29) is 12.3 Å². The SMILES string of the molecule is O=C(O)CC[C@@H]1CCCN(C(=O)/C=C/c2ccccc2)C1. The van der Waals surface area contributed by atoms with Gasteiger partial charge in [0.25, 0.3) is 0 Å². The summed E-state index contributed by atoms with van der Waals surface area (Å²) in [5.41, 5.74) is 1.00. The van der Waals surface area contributed by atoms with Crippen LogP contribution >= 0.6 is 0 Å². The Hall–Kier alpha value is -2.10. The highest BCUT2D eigenvalue weighted by Crippen LogP contribution is 2.21. The number of likely N-dealkylation sites (tertiary alicyclic amines) is 1. The van der Waals surface area contributed by atoms with Crippen LogP contribution in [-0.2, 0) is 9.59 Å². The van der Waals surface area contributed by atoms with E-state index in [1.165, 1.54) is 0 Å². The van der Waals surface area contributed by atoms with Gasteiger partial charge in [0.1, 0.15) is 0 Å². The van der Waals surface area contributed by atoms with E-state index < -0.39 is 5.97 Å². The van der Waals surface area contributed by atoms with E-state index in [0.29, 0.717) is 18.9 Å². The van der Waals surface area contributed by atoms with Crippen LogP contribution in [0.2, 0.25) is 0 Å². The van der Waals surface area contributed by atoms with Crippen molar-refractivity contribution in [1.82, 2.24) is 4.90 Å². The molecule has 0 aromatic heterocycles. The molecule has 0 bridgehead atoms. The Morgan fingerprint density at radius 2 is 2.05 bits per heavy atom. The molecule has 0 unspecified atom stereocenters. The molecule has 1 saturated heterocycles. The molecule has 112 valence electrons. The zero-order chi connectivity index (χ0) is 15.1. The number of piperidine rings is 1. The Bertz CT molecular complexity index is 510. The van der Waals surface area contributed by atoms with Gasteiger partial charge in [0, 0.05) is 25.6 Å². The van der Waals surface area contributed by atoms with Gasteiger partial charge >= 0.3 is 5.97 Å². The molecule has 0 aliphatic carbocycles. The van der Waals surface area contributed by atoms with Crippen LogP contribution < -0.4 is 0 Å². The molecule has 21 heavy (non-hydrogen) atoms. The quantitative estimate of drug-likeness (QED) is 0.847. The Labute approximate surface area is 125 Å². The second kappa shape index (κ2) is 7.62. The summed E-state index contributed by atoms with van der Waals surface area (Å²) < 4.78 is 0. The van der Waals surface area contributed by atoms with E-state index in [4.69, 9.17) is 5.11 Å². The lowest BCUT2D eigenvalue weighted by Gasteiger charge is -2.32. The molecular weight excluding hydrogens is 266 g/mol. The fraction of sp³-hybridized carbons (Fsp3) is 0.412. The minimum absolute atomic E-state index is 0.0129. The number of hydrogen-bond donors (Lipinski definition) is 1. The number of nitrogens with zero attached hydrogens (tertiary/aromatic N) is 1. The largest absolute Gasteiger partial charge is 0.481 e. The maximum Gasteiger partial charge on any atom is 0.303 e. The molecule has 1 fully saturated rings. The first-order chi connectivity index (χ1) is 10.1. The molecule has 0 radical (unpaired) electrons. The number of carboxylic acid groups (broad SMARTS) is 1. The number of carbonyl (C=O) groups excluding carboxylic acids is 1. The molecular formula is C17H21NO3. The number of carboxylic acids is 1. The van der Waals surface area contributed by atoms with Gasteiger partial charge in [-0.2, -0.15) is 0 Å². The molecule has 1 aromatic carbocycles. The van der Waals surface area contributed by atoms with Crippen LogP contribution in [0.15, 0.2) is 36.4 Å². The van der Waals surface area contributed by atoms with Crippen molar-refractivity contribution in [2.24, 2.45) is 5.92 Å². The normalized spacial score (nSPS) is 18.9. The molecule has 1 atom stereocenters. The molecule has 1 aliphatic rings. The zero-order valence-corrected chi connectivity index (χ0v) is 12.1. The van der Waals surface area contributed by atoms with Crippen molar-refractivity contribution in [3.8, 4) is 0 Å². The summed E-state index contributed by atoms with van der Waals surface area (Å²) in [7, 11) is 0. The van der Waals surface area contributed by atoms with E-state index in [0.717, 1.165) is 24.9 Å². The van der Waals surface area contributed by atoms with Gasteiger partial charge in [-0.3, -0.25) is 9.59 Å². The highest BCUT2D eigenvalue weighted by atomic mass is 16.4. The number of benzene rings is 1. The van der Waals surface area contributed by atoms with E-state index in [2.05, 4.69) is 0 Å². The van der Waals surface area contributed by atoms with Gasteiger partial charge in [-0.15, -0.1) is 0 Å². The minimum atomic E-state index is -0.762. The third kappa shape index (κ3) is 5.06. The average molecular weight is 287 g/mol. The molecule has 0 spiro atoms. The highest BCUT2D eigenvalue weighted by Gasteiger charge is 2.22. The van der Waals surface area contributed by atoms with Gasteiger partial charge in [0.2, 0.25) is 5.91 Å². The predicted molar refractivity (Wildman–Crippen MR) is 81.6 cm³/mol. The summed E-state index contributed by atoms with van der Waals surface area (Å²) in [4.78, 5) is 24.6. The lowest BCUT2D eigenvalue weighted by atomic mass is 9.93. The van der Waals surface area contributed by atoms with E-state index in [1.54, 1.807) is 6.08 Å². The molecule has 2 rings (SSSR count). The van der Waals surface area contributed by atoms with Crippen LogP contribution in [0.4, 0.5) is 0 Å². The summed E-state index contributed by atoms with van der Waals surface area (Å²) in [5.74, 6) is -0.440. The summed E-state index contributed by atoms with van der Waals surface area (Å²) >= 11 is 0. The molecule has 4 nitrogen and oxygen atoms in total. The van der Waals surface area contributed by atoms with Crippen molar-refractivity contribution in [2.75, 3.05) is 13.1 Å². The van der Waals surface area contributed by atoms with Crippen LogP contribution in [0.25, 0.3) is 6.08 Å². The first-order valence-corrected chi connectivity index (χ1v) is 7.39. The van der Waals surface area contributed by atoms with Crippen LogP contribution in [0.3, 0.4) is 0 Å². The van der Waals surface area contributed by atoms with Gasteiger partial charge in [-0.1, -0.05) is 30.3 Å². The lowest BCUT2D eigenvalue weighted by molar-refractivity contribution is -0.137. The second-order valence-corrected chi connectivity index (χ2v) is 5.47. The van der Waals surface area contributed by atoms with Gasteiger partial charge in [0.05, 0.1) is 0 Å². The second-order valence-electron chi connectivity index (χ2n) is 5.47. The number of rotatable bonds is 5. The van der Waals surface area contributed by atoms with Crippen LogP contribution in [-0.4, -0.2) is 35.0 Å². The smallest absolute Gasteiger partial charge is 0.303 e. The van der Waals surface area contributed by atoms with Crippen molar-refractivity contribution in [2.45, 2.75) is 25.7 Å². The average Bonchev–Trinajstić information content (AvgIpc) is 2.52. The van der Waals surface area contributed by atoms with Crippen molar-refractivity contribution in [3.63, 3.8) is 0 Å². The number of carbonyl (C=O) groups is 2.